The van der Waals surface area contributed by atoms with Crippen LogP contribution in [-0.2, 0) is 6.54 Å². The highest BCUT2D eigenvalue weighted by molar-refractivity contribution is 5.74. The van der Waals surface area contributed by atoms with Gasteiger partial charge in [-0.25, -0.2) is 4.98 Å². The highest BCUT2D eigenvalue weighted by atomic mass is 15.0. The fourth-order valence-corrected chi connectivity index (χ4v) is 2.96. The molecule has 0 saturated heterocycles. The summed E-state index contributed by atoms with van der Waals surface area (Å²) in [6.45, 7) is 3.15. The third-order valence-corrected chi connectivity index (χ3v) is 4.12. The summed E-state index contributed by atoms with van der Waals surface area (Å²) < 4.78 is 0. The lowest BCUT2D eigenvalue weighted by atomic mass is 10.1. The number of para-hydroxylation sites is 2. The highest BCUT2D eigenvalue weighted by Gasteiger charge is 2.22. The zero-order valence-electron chi connectivity index (χ0n) is 10.9. The number of hydrogen-bond acceptors (Lipinski definition) is 2. The van der Waals surface area contributed by atoms with Crippen LogP contribution in [0.1, 0.15) is 38.4 Å². The Morgan fingerprint density at radius 3 is 3.00 bits per heavy atom. The molecule has 2 aromatic rings. The van der Waals surface area contributed by atoms with Gasteiger partial charge in [0.1, 0.15) is 5.82 Å². The minimum absolute atomic E-state index is 0.683. The maximum atomic E-state index is 4.59. The van der Waals surface area contributed by atoms with Crippen LogP contribution in [0.5, 0.6) is 0 Å². The van der Waals surface area contributed by atoms with E-state index in [1.54, 1.807) is 0 Å². The van der Waals surface area contributed by atoms with Crippen LogP contribution < -0.4 is 5.32 Å². The topological polar surface area (TPSA) is 40.7 Å². The Labute approximate surface area is 108 Å². The third kappa shape index (κ3) is 2.41. The summed E-state index contributed by atoms with van der Waals surface area (Å²) in [6, 6.07) is 8.89. The van der Waals surface area contributed by atoms with E-state index >= 15 is 0 Å². The van der Waals surface area contributed by atoms with Crippen LogP contribution in [0.15, 0.2) is 24.3 Å². The van der Waals surface area contributed by atoms with Crippen LogP contribution in [0.2, 0.25) is 0 Å². The molecule has 18 heavy (non-hydrogen) atoms. The van der Waals surface area contributed by atoms with Gasteiger partial charge in [0.15, 0.2) is 0 Å². The van der Waals surface area contributed by atoms with Gasteiger partial charge in [-0.15, -0.1) is 0 Å². The highest BCUT2D eigenvalue weighted by Crippen LogP contribution is 2.27. The quantitative estimate of drug-likeness (QED) is 0.865. The summed E-state index contributed by atoms with van der Waals surface area (Å²) in [5.74, 6) is 1.98. The molecule has 1 aliphatic carbocycles. The van der Waals surface area contributed by atoms with Crippen LogP contribution in [0.4, 0.5) is 0 Å². The largest absolute Gasteiger partial charge is 0.341 e. The summed E-state index contributed by atoms with van der Waals surface area (Å²) in [4.78, 5) is 7.97. The maximum absolute atomic E-state index is 4.59. The van der Waals surface area contributed by atoms with Gasteiger partial charge in [-0.05, 0) is 37.3 Å². The zero-order chi connectivity index (χ0) is 12.4. The second-order valence-electron chi connectivity index (χ2n) is 5.37. The molecule has 1 heterocycles. The van der Waals surface area contributed by atoms with Gasteiger partial charge in [-0.2, -0.15) is 0 Å². The number of H-pyrrole nitrogens is 1. The molecule has 0 amide bonds. The van der Waals surface area contributed by atoms with E-state index in [9.17, 15) is 0 Å². The summed E-state index contributed by atoms with van der Waals surface area (Å²) in [7, 11) is 0. The first-order valence-corrected chi connectivity index (χ1v) is 7.02. The molecular formula is C15H21N3. The van der Waals surface area contributed by atoms with Crippen molar-refractivity contribution in [1.29, 1.82) is 0 Å². The molecule has 3 heteroatoms. The van der Waals surface area contributed by atoms with Gasteiger partial charge in [0, 0.05) is 6.04 Å². The third-order valence-electron chi connectivity index (χ3n) is 4.12. The van der Waals surface area contributed by atoms with Gasteiger partial charge in [-0.3, -0.25) is 0 Å². The van der Waals surface area contributed by atoms with Crippen LogP contribution in [-0.4, -0.2) is 16.0 Å². The van der Waals surface area contributed by atoms with Gasteiger partial charge in [0.2, 0.25) is 0 Å². The molecule has 1 aromatic carbocycles. The van der Waals surface area contributed by atoms with Crippen LogP contribution in [0.3, 0.4) is 0 Å². The first kappa shape index (κ1) is 11.7. The van der Waals surface area contributed by atoms with Crippen molar-refractivity contribution in [3.8, 4) is 0 Å². The average molecular weight is 243 g/mol. The van der Waals surface area contributed by atoms with E-state index in [1.165, 1.54) is 25.7 Å². The summed E-state index contributed by atoms with van der Waals surface area (Å²) in [5.41, 5.74) is 2.19. The van der Waals surface area contributed by atoms with E-state index in [0.717, 1.165) is 29.3 Å². The number of benzene rings is 1. The molecule has 0 radical (unpaired) electrons. The normalized spacial score (nSPS) is 23.8. The van der Waals surface area contributed by atoms with Crippen molar-refractivity contribution < 1.29 is 0 Å². The molecule has 2 N–H and O–H groups in total. The fraction of sp³-hybridized carbons (Fsp3) is 0.533. The van der Waals surface area contributed by atoms with Gasteiger partial charge < -0.3 is 10.3 Å². The molecule has 2 unspecified atom stereocenters. The van der Waals surface area contributed by atoms with E-state index in [1.807, 2.05) is 12.1 Å². The molecule has 2 atom stereocenters. The van der Waals surface area contributed by atoms with Crippen molar-refractivity contribution in [1.82, 2.24) is 15.3 Å². The van der Waals surface area contributed by atoms with E-state index in [2.05, 4.69) is 34.3 Å². The molecule has 3 rings (SSSR count). The second-order valence-corrected chi connectivity index (χ2v) is 5.37. The van der Waals surface area contributed by atoms with E-state index in [4.69, 9.17) is 0 Å². The molecule has 0 aliphatic heterocycles. The monoisotopic (exact) mass is 243 g/mol. The van der Waals surface area contributed by atoms with Crippen molar-refractivity contribution in [3.63, 3.8) is 0 Å². The Bertz CT molecular complexity index is 484. The van der Waals surface area contributed by atoms with Gasteiger partial charge in [0.25, 0.3) is 0 Å². The standard InChI is InChI=1S/C15H21N3/c1-2-11-7-8-12(9-11)16-10-15-17-13-5-3-4-6-14(13)18-15/h3-6,11-12,16H,2,7-10H2,1H3,(H,17,18). The smallest absolute Gasteiger partial charge is 0.121 e. The number of rotatable bonds is 4. The predicted octanol–water partition coefficient (Wildman–Crippen LogP) is 3.23. The van der Waals surface area contributed by atoms with E-state index in [0.29, 0.717) is 6.04 Å². The lowest BCUT2D eigenvalue weighted by Crippen LogP contribution is -2.26. The van der Waals surface area contributed by atoms with Crippen molar-refractivity contribution in [3.05, 3.63) is 30.1 Å². The predicted molar refractivity (Wildman–Crippen MR) is 74.4 cm³/mol. The Morgan fingerprint density at radius 1 is 1.33 bits per heavy atom. The second kappa shape index (κ2) is 5.11. The molecule has 96 valence electrons. The number of nitrogens with one attached hydrogen (secondary N) is 2. The molecule has 0 bridgehead atoms. The van der Waals surface area contributed by atoms with Gasteiger partial charge >= 0.3 is 0 Å². The summed E-state index contributed by atoms with van der Waals surface area (Å²) >= 11 is 0. The van der Waals surface area contributed by atoms with Gasteiger partial charge in [-0.1, -0.05) is 25.5 Å². The first-order chi connectivity index (χ1) is 8.85. The summed E-state index contributed by atoms with van der Waals surface area (Å²) in [6.07, 6.45) is 5.35. The number of hydrogen-bond donors (Lipinski definition) is 2. The molecule has 1 saturated carbocycles. The minimum atomic E-state index is 0.683. The van der Waals surface area contributed by atoms with Crippen LogP contribution in [0.25, 0.3) is 11.0 Å². The molecule has 1 aliphatic rings. The number of aromatic amines is 1. The Kier molecular flexibility index (Phi) is 3.33. The maximum Gasteiger partial charge on any atom is 0.121 e. The molecular weight excluding hydrogens is 222 g/mol. The average Bonchev–Trinajstić information content (AvgIpc) is 3.02. The summed E-state index contributed by atoms with van der Waals surface area (Å²) in [5, 5.41) is 3.63. The van der Waals surface area contributed by atoms with E-state index in [-0.39, 0.29) is 0 Å². The Hall–Kier alpha value is -1.35. The lowest BCUT2D eigenvalue weighted by Gasteiger charge is -2.11. The van der Waals surface area contributed by atoms with E-state index < -0.39 is 0 Å². The number of imidazole rings is 1. The first-order valence-electron chi connectivity index (χ1n) is 7.02. The zero-order valence-corrected chi connectivity index (χ0v) is 10.9. The van der Waals surface area contributed by atoms with Crippen molar-refractivity contribution in [2.24, 2.45) is 5.92 Å². The molecule has 3 nitrogen and oxygen atoms in total. The van der Waals surface area contributed by atoms with Gasteiger partial charge in [0.05, 0.1) is 17.6 Å². The van der Waals surface area contributed by atoms with Crippen molar-refractivity contribution in [2.75, 3.05) is 0 Å². The number of aromatic nitrogens is 2. The minimum Gasteiger partial charge on any atom is -0.341 e. The fourth-order valence-electron chi connectivity index (χ4n) is 2.96. The number of fused-ring (bicyclic) bond motifs is 1. The Morgan fingerprint density at radius 2 is 2.22 bits per heavy atom. The van der Waals surface area contributed by atoms with Crippen LogP contribution >= 0.6 is 0 Å². The SMILES string of the molecule is CCC1CCC(NCc2nc3ccccc3[nH]2)C1. The molecule has 1 fully saturated rings. The lowest BCUT2D eigenvalue weighted by molar-refractivity contribution is 0.473. The van der Waals surface area contributed by atoms with Crippen molar-refractivity contribution in [2.45, 2.75) is 45.2 Å². The Balaban J connectivity index is 1.60. The molecule has 1 aromatic heterocycles. The van der Waals surface area contributed by atoms with Crippen LogP contribution in [0, 0.1) is 5.92 Å². The number of nitrogens with zero attached hydrogens (tertiary/aromatic N) is 1. The molecule has 0 spiro atoms. The van der Waals surface area contributed by atoms with Crippen molar-refractivity contribution >= 4 is 11.0 Å².